The van der Waals surface area contributed by atoms with Crippen LogP contribution in [0.1, 0.15) is 24.1 Å². The maximum Gasteiger partial charge on any atom is 0.120 e. The van der Waals surface area contributed by atoms with E-state index in [0.29, 0.717) is 5.75 Å². The van der Waals surface area contributed by atoms with Crippen LogP contribution in [0.25, 0.3) is 0 Å². The molecule has 16 heavy (non-hydrogen) atoms. The normalized spacial score (nSPS) is 12.4. The Morgan fingerprint density at radius 2 is 2.12 bits per heavy atom. The first-order chi connectivity index (χ1) is 7.66. The fourth-order valence-electron chi connectivity index (χ4n) is 1.70. The molecule has 0 saturated carbocycles. The van der Waals surface area contributed by atoms with Gasteiger partial charge in [0.2, 0.25) is 0 Å². The largest absolute Gasteiger partial charge is 0.508 e. The SMILES string of the molecule is Cc1ccc(O)c(C(C)Nc2ccsc2)c1. The van der Waals surface area contributed by atoms with E-state index in [1.165, 1.54) is 0 Å². The van der Waals surface area contributed by atoms with E-state index in [2.05, 4.69) is 10.7 Å². The Bertz CT molecular complexity index is 465. The number of anilines is 1. The van der Waals surface area contributed by atoms with Gasteiger partial charge in [-0.2, -0.15) is 11.3 Å². The average Bonchev–Trinajstić information content (AvgIpc) is 2.74. The smallest absolute Gasteiger partial charge is 0.120 e. The molecule has 2 rings (SSSR count). The summed E-state index contributed by atoms with van der Waals surface area (Å²) in [5, 5.41) is 17.2. The van der Waals surface area contributed by atoms with Crippen LogP contribution in [0.4, 0.5) is 5.69 Å². The lowest BCUT2D eigenvalue weighted by molar-refractivity contribution is 0.465. The Labute approximate surface area is 99.6 Å². The second kappa shape index (κ2) is 4.58. The standard InChI is InChI=1S/C13H15NOS/c1-9-3-4-13(15)12(7-9)10(2)14-11-5-6-16-8-11/h3-8,10,14-15H,1-2H3. The average molecular weight is 233 g/mol. The number of benzene rings is 1. The zero-order valence-electron chi connectivity index (χ0n) is 9.40. The molecule has 0 radical (unpaired) electrons. The third kappa shape index (κ3) is 2.36. The van der Waals surface area contributed by atoms with E-state index in [9.17, 15) is 5.11 Å². The molecule has 2 N–H and O–H groups in total. The summed E-state index contributed by atoms with van der Waals surface area (Å²) in [5.74, 6) is 0.348. The van der Waals surface area contributed by atoms with Crippen LogP contribution in [0.15, 0.2) is 35.0 Å². The van der Waals surface area contributed by atoms with Gasteiger partial charge in [-0.3, -0.25) is 0 Å². The van der Waals surface area contributed by atoms with E-state index in [4.69, 9.17) is 0 Å². The lowest BCUT2D eigenvalue weighted by Crippen LogP contribution is -2.06. The first-order valence-corrected chi connectivity index (χ1v) is 6.19. The minimum absolute atomic E-state index is 0.106. The first kappa shape index (κ1) is 11.0. The highest BCUT2D eigenvalue weighted by molar-refractivity contribution is 7.08. The number of phenolic OH excluding ortho intramolecular Hbond substituents is 1. The van der Waals surface area contributed by atoms with Gasteiger partial charge < -0.3 is 10.4 Å². The molecule has 0 aliphatic carbocycles. The molecule has 0 aliphatic rings. The van der Waals surface area contributed by atoms with Crippen molar-refractivity contribution in [1.82, 2.24) is 0 Å². The molecular weight excluding hydrogens is 218 g/mol. The van der Waals surface area contributed by atoms with Crippen molar-refractivity contribution in [3.8, 4) is 5.75 Å². The van der Waals surface area contributed by atoms with Crippen LogP contribution in [-0.4, -0.2) is 5.11 Å². The lowest BCUT2D eigenvalue weighted by atomic mass is 10.0. The van der Waals surface area contributed by atoms with Crippen LogP contribution in [0, 0.1) is 6.92 Å². The van der Waals surface area contributed by atoms with Crippen LogP contribution in [0.5, 0.6) is 5.75 Å². The third-order valence-electron chi connectivity index (χ3n) is 2.55. The van der Waals surface area contributed by atoms with Crippen LogP contribution in [-0.2, 0) is 0 Å². The topological polar surface area (TPSA) is 32.3 Å². The Kier molecular flexibility index (Phi) is 3.15. The number of thiophene rings is 1. The van der Waals surface area contributed by atoms with E-state index in [-0.39, 0.29) is 6.04 Å². The fourth-order valence-corrected chi connectivity index (χ4v) is 2.29. The molecule has 1 aromatic heterocycles. The summed E-state index contributed by atoms with van der Waals surface area (Å²) in [6, 6.07) is 7.81. The summed E-state index contributed by atoms with van der Waals surface area (Å²) >= 11 is 1.66. The molecule has 0 spiro atoms. The Morgan fingerprint density at radius 3 is 2.81 bits per heavy atom. The van der Waals surface area contributed by atoms with Crippen LogP contribution < -0.4 is 5.32 Å². The maximum atomic E-state index is 9.80. The van der Waals surface area contributed by atoms with Crippen molar-refractivity contribution in [2.45, 2.75) is 19.9 Å². The van der Waals surface area contributed by atoms with Crippen molar-refractivity contribution in [1.29, 1.82) is 0 Å². The number of nitrogens with one attached hydrogen (secondary N) is 1. The fraction of sp³-hybridized carbons (Fsp3) is 0.231. The van der Waals surface area contributed by atoms with Crippen molar-refractivity contribution >= 4 is 17.0 Å². The predicted octanol–water partition coefficient (Wildman–Crippen LogP) is 3.94. The predicted molar refractivity (Wildman–Crippen MR) is 69.2 cm³/mol. The Hall–Kier alpha value is -1.48. The summed E-state index contributed by atoms with van der Waals surface area (Å²) in [7, 11) is 0. The highest BCUT2D eigenvalue weighted by Crippen LogP contribution is 2.28. The summed E-state index contributed by atoms with van der Waals surface area (Å²) in [6.07, 6.45) is 0. The third-order valence-corrected chi connectivity index (χ3v) is 3.24. The molecule has 0 aliphatic heterocycles. The number of hydrogen-bond acceptors (Lipinski definition) is 3. The summed E-state index contributed by atoms with van der Waals surface area (Å²) in [6.45, 7) is 4.08. The van der Waals surface area contributed by atoms with Gasteiger partial charge in [-0.25, -0.2) is 0 Å². The number of phenols is 1. The molecule has 1 unspecified atom stereocenters. The molecule has 2 aromatic rings. The zero-order valence-corrected chi connectivity index (χ0v) is 10.2. The second-order valence-corrected chi connectivity index (χ2v) is 4.72. The van der Waals surface area contributed by atoms with Crippen molar-refractivity contribution in [2.24, 2.45) is 0 Å². The molecule has 1 atom stereocenters. The molecule has 0 amide bonds. The second-order valence-electron chi connectivity index (χ2n) is 3.94. The van der Waals surface area contributed by atoms with E-state index >= 15 is 0 Å². The molecule has 0 fully saturated rings. The number of aromatic hydroxyl groups is 1. The van der Waals surface area contributed by atoms with Gasteiger partial charge in [-0.15, -0.1) is 0 Å². The van der Waals surface area contributed by atoms with Crippen LogP contribution in [0.2, 0.25) is 0 Å². The first-order valence-electron chi connectivity index (χ1n) is 5.25. The number of hydrogen-bond donors (Lipinski definition) is 2. The van der Waals surface area contributed by atoms with Crippen LogP contribution in [0.3, 0.4) is 0 Å². The highest BCUT2D eigenvalue weighted by Gasteiger charge is 2.10. The van der Waals surface area contributed by atoms with E-state index in [1.807, 2.05) is 37.4 Å². The van der Waals surface area contributed by atoms with E-state index in [1.54, 1.807) is 17.4 Å². The van der Waals surface area contributed by atoms with Gasteiger partial charge >= 0.3 is 0 Å². The molecule has 2 nitrogen and oxygen atoms in total. The highest BCUT2D eigenvalue weighted by atomic mass is 32.1. The summed E-state index contributed by atoms with van der Waals surface area (Å²) in [4.78, 5) is 0. The van der Waals surface area contributed by atoms with E-state index < -0.39 is 0 Å². The van der Waals surface area contributed by atoms with Crippen molar-refractivity contribution < 1.29 is 5.11 Å². The van der Waals surface area contributed by atoms with Crippen LogP contribution >= 0.6 is 11.3 Å². The molecular formula is C13H15NOS. The quantitative estimate of drug-likeness (QED) is 0.841. The van der Waals surface area contributed by atoms with Gasteiger partial charge in [-0.1, -0.05) is 17.7 Å². The van der Waals surface area contributed by atoms with Gasteiger partial charge in [0.15, 0.2) is 0 Å². The Balaban J connectivity index is 2.20. The van der Waals surface area contributed by atoms with Gasteiger partial charge in [0.1, 0.15) is 5.75 Å². The molecule has 0 saturated heterocycles. The molecule has 0 bridgehead atoms. The molecule has 84 valence electrons. The lowest BCUT2D eigenvalue weighted by Gasteiger charge is -2.16. The molecule has 1 aromatic carbocycles. The summed E-state index contributed by atoms with van der Waals surface area (Å²) in [5.41, 5.74) is 3.19. The molecule has 1 heterocycles. The zero-order chi connectivity index (χ0) is 11.5. The summed E-state index contributed by atoms with van der Waals surface area (Å²) < 4.78 is 0. The van der Waals surface area contributed by atoms with Gasteiger partial charge in [-0.05, 0) is 31.4 Å². The van der Waals surface area contributed by atoms with Crippen molar-refractivity contribution in [2.75, 3.05) is 5.32 Å². The van der Waals surface area contributed by atoms with Crippen molar-refractivity contribution in [3.05, 3.63) is 46.2 Å². The molecule has 3 heteroatoms. The monoisotopic (exact) mass is 233 g/mol. The number of rotatable bonds is 3. The Morgan fingerprint density at radius 1 is 1.31 bits per heavy atom. The van der Waals surface area contributed by atoms with Crippen molar-refractivity contribution in [3.63, 3.8) is 0 Å². The van der Waals surface area contributed by atoms with E-state index in [0.717, 1.165) is 16.8 Å². The van der Waals surface area contributed by atoms with Gasteiger partial charge in [0, 0.05) is 16.6 Å². The minimum Gasteiger partial charge on any atom is -0.508 e. The van der Waals surface area contributed by atoms with Gasteiger partial charge in [0.25, 0.3) is 0 Å². The van der Waals surface area contributed by atoms with Gasteiger partial charge in [0.05, 0.1) is 6.04 Å². The minimum atomic E-state index is 0.106. The maximum absolute atomic E-state index is 9.80. The number of aryl methyl sites for hydroxylation is 1.